The lowest BCUT2D eigenvalue weighted by atomic mass is 10.1. The van der Waals surface area contributed by atoms with E-state index >= 15 is 0 Å². The normalized spacial score (nSPS) is 10.5. The van der Waals surface area contributed by atoms with Crippen molar-refractivity contribution in [2.24, 2.45) is 0 Å². The van der Waals surface area contributed by atoms with Crippen LogP contribution in [0.25, 0.3) is 10.8 Å². The summed E-state index contributed by atoms with van der Waals surface area (Å²) in [5.41, 5.74) is 1.20. The Morgan fingerprint density at radius 3 is 2.65 bits per heavy atom. The van der Waals surface area contributed by atoms with Gasteiger partial charge in [0, 0.05) is 23.5 Å². The van der Waals surface area contributed by atoms with E-state index in [0.717, 1.165) is 10.8 Å². The summed E-state index contributed by atoms with van der Waals surface area (Å²) in [6, 6.07) is 14.6. The minimum Gasteiger partial charge on any atom is -0.491 e. The molecule has 1 amide bonds. The number of benzene rings is 2. The second-order valence-electron chi connectivity index (χ2n) is 4.96. The topological polar surface area (TPSA) is 71.5 Å². The Hall–Kier alpha value is -2.92. The van der Waals surface area contributed by atoms with Crippen LogP contribution in [0, 0.1) is 0 Å². The number of rotatable bonds is 5. The van der Waals surface area contributed by atoms with Gasteiger partial charge in [-0.1, -0.05) is 24.3 Å². The van der Waals surface area contributed by atoms with Gasteiger partial charge in [0.25, 0.3) is 5.91 Å². The van der Waals surface area contributed by atoms with Crippen molar-refractivity contribution >= 4 is 22.4 Å². The van der Waals surface area contributed by atoms with Gasteiger partial charge in [-0.25, -0.2) is 0 Å². The average Bonchev–Trinajstić information content (AvgIpc) is 2.60. The second-order valence-corrected chi connectivity index (χ2v) is 4.96. The maximum atomic E-state index is 12.5. The fourth-order valence-electron chi connectivity index (χ4n) is 2.29. The molecule has 2 aromatic carbocycles. The molecule has 0 fully saturated rings. The number of carbonyl (C=O) groups excluding carboxylic acids is 1. The maximum absolute atomic E-state index is 12.5. The SMILES string of the molecule is O=C(Nc1ccc(OCCO)cc1)c1cncc2ccccc12. The van der Waals surface area contributed by atoms with Crippen molar-refractivity contribution < 1.29 is 14.6 Å². The number of hydrogen-bond donors (Lipinski definition) is 2. The molecule has 3 rings (SSSR count). The van der Waals surface area contributed by atoms with Crippen molar-refractivity contribution in [3.05, 3.63) is 66.5 Å². The van der Waals surface area contributed by atoms with E-state index in [9.17, 15) is 4.79 Å². The lowest BCUT2D eigenvalue weighted by Gasteiger charge is -2.09. The highest BCUT2D eigenvalue weighted by molar-refractivity contribution is 6.12. The molecular weight excluding hydrogens is 292 g/mol. The zero-order valence-corrected chi connectivity index (χ0v) is 12.4. The van der Waals surface area contributed by atoms with Gasteiger partial charge in [-0.05, 0) is 29.7 Å². The summed E-state index contributed by atoms with van der Waals surface area (Å²) in [6.45, 7) is 0.208. The van der Waals surface area contributed by atoms with Crippen LogP contribution in [0.4, 0.5) is 5.69 Å². The van der Waals surface area contributed by atoms with E-state index < -0.39 is 0 Å². The molecule has 0 unspecified atom stereocenters. The number of ether oxygens (including phenoxy) is 1. The summed E-state index contributed by atoms with van der Waals surface area (Å²) < 4.78 is 5.28. The Labute approximate surface area is 133 Å². The fraction of sp³-hybridized carbons (Fsp3) is 0.111. The minimum absolute atomic E-state index is 0.0352. The lowest BCUT2D eigenvalue weighted by Crippen LogP contribution is -2.12. The molecule has 3 aromatic rings. The third-order valence-corrected chi connectivity index (χ3v) is 3.39. The van der Waals surface area contributed by atoms with Gasteiger partial charge >= 0.3 is 0 Å². The van der Waals surface area contributed by atoms with Gasteiger partial charge in [-0.2, -0.15) is 0 Å². The van der Waals surface area contributed by atoms with Crippen LogP contribution in [0.15, 0.2) is 60.9 Å². The van der Waals surface area contributed by atoms with Crippen molar-refractivity contribution in [3.63, 3.8) is 0 Å². The molecule has 0 aliphatic carbocycles. The predicted octanol–water partition coefficient (Wildman–Crippen LogP) is 2.86. The van der Waals surface area contributed by atoms with Crippen LogP contribution >= 0.6 is 0 Å². The molecule has 1 aromatic heterocycles. The highest BCUT2D eigenvalue weighted by Gasteiger charge is 2.10. The molecule has 0 bridgehead atoms. The summed E-state index contributed by atoms with van der Waals surface area (Å²) >= 11 is 0. The number of nitrogens with one attached hydrogen (secondary N) is 1. The Morgan fingerprint density at radius 1 is 1.09 bits per heavy atom. The summed E-state index contributed by atoms with van der Waals surface area (Å²) in [4.78, 5) is 16.6. The quantitative estimate of drug-likeness (QED) is 0.760. The maximum Gasteiger partial charge on any atom is 0.257 e. The average molecular weight is 308 g/mol. The largest absolute Gasteiger partial charge is 0.491 e. The van der Waals surface area contributed by atoms with Crippen LogP contribution in [0.5, 0.6) is 5.75 Å². The zero-order valence-electron chi connectivity index (χ0n) is 12.4. The number of hydrogen-bond acceptors (Lipinski definition) is 4. The summed E-state index contributed by atoms with van der Waals surface area (Å²) in [5, 5.41) is 13.4. The fourth-order valence-corrected chi connectivity index (χ4v) is 2.29. The van der Waals surface area contributed by atoms with Crippen LogP contribution in [-0.4, -0.2) is 29.2 Å². The van der Waals surface area contributed by atoms with Gasteiger partial charge in [0.15, 0.2) is 0 Å². The molecule has 0 spiro atoms. The number of aliphatic hydroxyl groups is 1. The zero-order chi connectivity index (χ0) is 16.1. The van der Waals surface area contributed by atoms with Crippen LogP contribution in [0.3, 0.4) is 0 Å². The van der Waals surface area contributed by atoms with E-state index in [1.165, 1.54) is 0 Å². The third-order valence-electron chi connectivity index (χ3n) is 3.39. The van der Waals surface area contributed by atoms with Crippen molar-refractivity contribution in [1.29, 1.82) is 0 Å². The first-order valence-corrected chi connectivity index (χ1v) is 7.26. The monoisotopic (exact) mass is 308 g/mol. The summed E-state index contributed by atoms with van der Waals surface area (Å²) in [7, 11) is 0. The molecule has 0 atom stereocenters. The van der Waals surface area contributed by atoms with Crippen molar-refractivity contribution in [2.75, 3.05) is 18.5 Å². The Balaban J connectivity index is 1.78. The first-order valence-electron chi connectivity index (χ1n) is 7.26. The molecule has 0 saturated heterocycles. The van der Waals surface area contributed by atoms with Crippen molar-refractivity contribution in [3.8, 4) is 5.75 Å². The van der Waals surface area contributed by atoms with Gasteiger partial charge in [0.1, 0.15) is 12.4 Å². The second kappa shape index (κ2) is 6.89. The third kappa shape index (κ3) is 3.46. The van der Waals surface area contributed by atoms with E-state index in [1.807, 2.05) is 24.3 Å². The van der Waals surface area contributed by atoms with Crippen LogP contribution in [-0.2, 0) is 0 Å². The molecule has 0 aliphatic rings. The van der Waals surface area contributed by atoms with E-state index in [0.29, 0.717) is 17.0 Å². The van der Waals surface area contributed by atoms with Crippen LogP contribution in [0.1, 0.15) is 10.4 Å². The molecule has 5 heteroatoms. The Bertz CT molecular complexity index is 811. The van der Waals surface area contributed by atoms with Gasteiger partial charge in [0.2, 0.25) is 0 Å². The number of nitrogens with zero attached hydrogens (tertiary/aromatic N) is 1. The van der Waals surface area contributed by atoms with E-state index in [4.69, 9.17) is 9.84 Å². The van der Waals surface area contributed by atoms with Crippen molar-refractivity contribution in [2.45, 2.75) is 0 Å². The number of aliphatic hydroxyl groups excluding tert-OH is 1. The molecular formula is C18H16N2O3. The van der Waals surface area contributed by atoms with Crippen LogP contribution in [0.2, 0.25) is 0 Å². The lowest BCUT2D eigenvalue weighted by molar-refractivity contribution is 0.102. The highest BCUT2D eigenvalue weighted by atomic mass is 16.5. The smallest absolute Gasteiger partial charge is 0.257 e. The first kappa shape index (κ1) is 15.0. The Kier molecular flexibility index (Phi) is 4.49. The molecule has 116 valence electrons. The predicted molar refractivity (Wildman–Crippen MR) is 88.7 cm³/mol. The number of pyridine rings is 1. The molecule has 2 N–H and O–H groups in total. The molecule has 0 radical (unpaired) electrons. The molecule has 5 nitrogen and oxygen atoms in total. The number of aromatic nitrogens is 1. The first-order chi connectivity index (χ1) is 11.3. The summed E-state index contributed by atoms with van der Waals surface area (Å²) in [6.07, 6.45) is 3.30. The van der Waals surface area contributed by atoms with Gasteiger partial charge < -0.3 is 15.2 Å². The standard InChI is InChI=1S/C18H16N2O3/c21-9-10-23-15-7-5-14(6-8-15)20-18(22)17-12-19-11-13-3-1-2-4-16(13)17/h1-8,11-12,21H,9-10H2,(H,20,22). The number of amides is 1. The van der Waals surface area contributed by atoms with E-state index in [-0.39, 0.29) is 19.1 Å². The molecule has 1 heterocycles. The van der Waals surface area contributed by atoms with Crippen molar-refractivity contribution in [1.82, 2.24) is 4.98 Å². The molecule has 23 heavy (non-hydrogen) atoms. The number of fused-ring (bicyclic) bond motifs is 1. The Morgan fingerprint density at radius 2 is 1.87 bits per heavy atom. The van der Waals surface area contributed by atoms with Crippen LogP contribution < -0.4 is 10.1 Å². The van der Waals surface area contributed by atoms with E-state index in [1.54, 1.807) is 36.7 Å². The van der Waals surface area contributed by atoms with Gasteiger partial charge in [0.05, 0.1) is 12.2 Å². The van der Waals surface area contributed by atoms with E-state index in [2.05, 4.69) is 10.3 Å². The minimum atomic E-state index is -0.210. The van der Waals surface area contributed by atoms with Gasteiger partial charge in [-0.3, -0.25) is 9.78 Å². The highest BCUT2D eigenvalue weighted by Crippen LogP contribution is 2.20. The van der Waals surface area contributed by atoms with Gasteiger partial charge in [-0.15, -0.1) is 0 Å². The molecule has 0 aliphatic heterocycles. The summed E-state index contributed by atoms with van der Waals surface area (Å²) in [5.74, 6) is 0.433. The molecule has 0 saturated carbocycles. The number of carbonyl (C=O) groups is 1. The number of anilines is 1.